The van der Waals surface area contributed by atoms with E-state index in [1.165, 1.54) is 17.7 Å². The first-order valence-corrected chi connectivity index (χ1v) is 9.78. The molecule has 28 heavy (non-hydrogen) atoms. The second-order valence-corrected chi connectivity index (χ2v) is 8.16. The summed E-state index contributed by atoms with van der Waals surface area (Å²) >= 11 is 0. The van der Waals surface area contributed by atoms with Crippen LogP contribution in [0.15, 0.2) is 35.1 Å². The number of aromatic nitrogens is 1. The Labute approximate surface area is 172 Å². The molecule has 3 aliphatic rings. The lowest BCUT2D eigenvalue weighted by atomic mass is 9.62. The molecular formula is C21H29ClN4O2. The molecule has 0 spiro atoms. The maximum Gasteiger partial charge on any atom is 0.267 e. The maximum absolute atomic E-state index is 11.6. The number of pyridine rings is 1. The number of carbonyl (C=O) groups excluding carboxylic acids is 1. The number of hydrogen-bond donors (Lipinski definition) is 1. The lowest BCUT2D eigenvalue weighted by Gasteiger charge is -2.55. The van der Waals surface area contributed by atoms with Gasteiger partial charge in [-0.3, -0.25) is 19.7 Å². The molecule has 0 radical (unpaired) electrons. The molecule has 1 saturated carbocycles. The molecule has 0 aromatic carbocycles. The Kier molecular flexibility index (Phi) is 6.22. The summed E-state index contributed by atoms with van der Waals surface area (Å²) in [6.07, 6.45) is 8.14. The van der Waals surface area contributed by atoms with Gasteiger partial charge in [0, 0.05) is 63.1 Å². The van der Waals surface area contributed by atoms with Gasteiger partial charge in [0.15, 0.2) is 0 Å². The van der Waals surface area contributed by atoms with E-state index >= 15 is 0 Å². The lowest BCUT2D eigenvalue weighted by Crippen LogP contribution is -2.59. The minimum atomic E-state index is -0.493. The number of halogens is 1. The molecule has 7 heteroatoms. The molecule has 2 N–H and O–H groups in total. The molecule has 1 amide bonds. The van der Waals surface area contributed by atoms with Crippen LogP contribution in [0.2, 0.25) is 0 Å². The van der Waals surface area contributed by atoms with E-state index in [-0.39, 0.29) is 18.0 Å². The van der Waals surface area contributed by atoms with Gasteiger partial charge in [-0.25, -0.2) is 0 Å². The summed E-state index contributed by atoms with van der Waals surface area (Å²) in [5.74, 6) is 0.274. The zero-order valence-electron chi connectivity index (χ0n) is 16.6. The van der Waals surface area contributed by atoms with E-state index in [0.717, 1.165) is 44.5 Å². The highest BCUT2D eigenvalue weighted by Crippen LogP contribution is 2.51. The second kappa shape index (κ2) is 8.31. The van der Waals surface area contributed by atoms with Crippen molar-refractivity contribution in [3.05, 3.63) is 41.4 Å². The number of piperidine rings is 1. The zero-order valence-corrected chi connectivity index (χ0v) is 17.4. The van der Waals surface area contributed by atoms with Gasteiger partial charge in [-0.05, 0) is 43.0 Å². The van der Waals surface area contributed by atoms with E-state index in [0.29, 0.717) is 17.5 Å². The molecule has 2 unspecified atom stereocenters. The van der Waals surface area contributed by atoms with E-state index in [4.69, 9.17) is 10.5 Å². The smallest absolute Gasteiger partial charge is 0.267 e. The number of methoxy groups -OCH3 is 1. The minimum Gasteiger partial charge on any atom is -0.373 e. The van der Waals surface area contributed by atoms with Crippen molar-refractivity contribution in [2.75, 3.05) is 26.7 Å². The van der Waals surface area contributed by atoms with Crippen LogP contribution < -0.4 is 5.73 Å². The topological polar surface area (TPSA) is 80.8 Å². The van der Waals surface area contributed by atoms with Gasteiger partial charge >= 0.3 is 0 Å². The molecule has 3 heterocycles. The van der Waals surface area contributed by atoms with E-state index < -0.39 is 5.91 Å². The molecule has 2 fully saturated rings. The molecule has 1 aromatic heterocycles. The van der Waals surface area contributed by atoms with E-state index in [1.807, 2.05) is 18.3 Å². The SMILES string of the molecule is COC1(c2ccnc(C(N)=O)c2)C2CCCC1CN(CC1=NC=C(C)C1)C2.Cl. The van der Waals surface area contributed by atoms with Crippen LogP contribution in [0.3, 0.4) is 0 Å². The summed E-state index contributed by atoms with van der Waals surface area (Å²) < 4.78 is 6.25. The first-order chi connectivity index (χ1) is 13.0. The number of primary amides is 1. The predicted molar refractivity (Wildman–Crippen MR) is 112 cm³/mol. The van der Waals surface area contributed by atoms with Crippen molar-refractivity contribution in [1.82, 2.24) is 9.88 Å². The molecule has 2 atom stereocenters. The van der Waals surface area contributed by atoms with Gasteiger partial charge in [0.05, 0.1) is 0 Å². The fourth-order valence-electron chi connectivity index (χ4n) is 5.35. The van der Waals surface area contributed by atoms with Crippen molar-refractivity contribution >= 4 is 24.0 Å². The van der Waals surface area contributed by atoms with Crippen LogP contribution >= 0.6 is 12.4 Å². The number of carbonyl (C=O) groups is 1. The van der Waals surface area contributed by atoms with Crippen molar-refractivity contribution in [3.8, 4) is 0 Å². The quantitative estimate of drug-likeness (QED) is 0.818. The molecule has 152 valence electrons. The number of nitrogens with two attached hydrogens (primary N) is 1. The number of likely N-dealkylation sites (tertiary alicyclic amines) is 1. The van der Waals surface area contributed by atoms with Gasteiger partial charge in [0.2, 0.25) is 0 Å². The number of allylic oxidation sites excluding steroid dienone is 1. The highest BCUT2D eigenvalue weighted by molar-refractivity contribution is 5.91. The number of ether oxygens (including phenoxy) is 1. The monoisotopic (exact) mass is 404 g/mol. The first-order valence-electron chi connectivity index (χ1n) is 9.78. The summed E-state index contributed by atoms with van der Waals surface area (Å²) in [5.41, 5.74) is 9.05. The van der Waals surface area contributed by atoms with Gasteiger partial charge in [-0.15, -0.1) is 12.4 Å². The van der Waals surface area contributed by atoms with Crippen molar-refractivity contribution in [1.29, 1.82) is 0 Å². The van der Waals surface area contributed by atoms with Crippen molar-refractivity contribution in [3.63, 3.8) is 0 Å². The van der Waals surface area contributed by atoms with Crippen molar-refractivity contribution in [2.24, 2.45) is 22.6 Å². The fourth-order valence-corrected chi connectivity index (χ4v) is 5.35. The molecule has 1 saturated heterocycles. The summed E-state index contributed by atoms with van der Waals surface area (Å²) in [7, 11) is 1.81. The number of amides is 1. The molecule has 6 nitrogen and oxygen atoms in total. The van der Waals surface area contributed by atoms with Crippen molar-refractivity contribution in [2.45, 2.75) is 38.2 Å². The number of rotatable bonds is 5. The first kappa shape index (κ1) is 21.0. The Morgan fingerprint density at radius 3 is 2.64 bits per heavy atom. The van der Waals surface area contributed by atoms with Gasteiger partial charge in [0.25, 0.3) is 5.91 Å². The van der Waals surface area contributed by atoms with Crippen LogP contribution in [0, 0.1) is 11.8 Å². The maximum atomic E-state index is 11.6. The van der Waals surface area contributed by atoms with Crippen LogP contribution in [0.4, 0.5) is 0 Å². The summed E-state index contributed by atoms with van der Waals surface area (Å²) in [6, 6.07) is 3.83. The Morgan fingerprint density at radius 1 is 1.36 bits per heavy atom. The van der Waals surface area contributed by atoms with Crippen molar-refractivity contribution < 1.29 is 9.53 Å². The third-order valence-corrected chi connectivity index (χ3v) is 6.43. The number of aliphatic imine (C=N–C) groups is 1. The number of fused-ring (bicyclic) bond motifs is 2. The Bertz CT molecular complexity index is 793. The summed E-state index contributed by atoms with van der Waals surface area (Å²) in [5, 5.41) is 0. The third kappa shape index (κ3) is 3.61. The average molecular weight is 405 g/mol. The van der Waals surface area contributed by atoms with Crippen LogP contribution in [0.25, 0.3) is 0 Å². The fraction of sp³-hybridized carbons (Fsp3) is 0.571. The van der Waals surface area contributed by atoms with Gasteiger partial charge in [-0.1, -0.05) is 6.42 Å². The Morgan fingerprint density at radius 2 is 2.07 bits per heavy atom. The molecule has 1 aliphatic carbocycles. The summed E-state index contributed by atoms with van der Waals surface area (Å²) in [4.78, 5) is 22.9. The van der Waals surface area contributed by atoms with Crippen LogP contribution in [0.5, 0.6) is 0 Å². The molecular weight excluding hydrogens is 376 g/mol. The molecule has 2 bridgehead atoms. The minimum absolute atomic E-state index is 0. The third-order valence-electron chi connectivity index (χ3n) is 6.43. The van der Waals surface area contributed by atoms with E-state index in [9.17, 15) is 4.79 Å². The van der Waals surface area contributed by atoms with Gasteiger partial charge < -0.3 is 10.5 Å². The highest BCUT2D eigenvalue weighted by Gasteiger charge is 2.53. The van der Waals surface area contributed by atoms with Crippen LogP contribution in [0.1, 0.15) is 48.7 Å². The molecule has 1 aromatic rings. The normalized spacial score (nSPS) is 29.6. The molecule has 2 aliphatic heterocycles. The van der Waals surface area contributed by atoms with Gasteiger partial charge in [-0.2, -0.15) is 0 Å². The number of nitrogens with zero attached hydrogens (tertiary/aromatic N) is 3. The van der Waals surface area contributed by atoms with E-state index in [2.05, 4.69) is 21.8 Å². The largest absolute Gasteiger partial charge is 0.373 e. The lowest BCUT2D eigenvalue weighted by molar-refractivity contribution is -0.167. The second-order valence-electron chi connectivity index (χ2n) is 8.16. The van der Waals surface area contributed by atoms with E-state index in [1.54, 1.807) is 13.3 Å². The Hall–Kier alpha value is -1.76. The summed E-state index contributed by atoms with van der Waals surface area (Å²) in [6.45, 7) is 5.04. The zero-order chi connectivity index (χ0) is 19.0. The van der Waals surface area contributed by atoms with Crippen LogP contribution in [-0.4, -0.2) is 48.2 Å². The van der Waals surface area contributed by atoms with Gasteiger partial charge in [0.1, 0.15) is 11.3 Å². The molecule has 4 rings (SSSR count). The van der Waals surface area contributed by atoms with Crippen LogP contribution in [-0.2, 0) is 10.3 Å². The Balaban J connectivity index is 0.00000225. The standard InChI is InChI=1S/C21H28N4O2.ClH/c1-14-8-18(24-10-14)13-25-11-16-4-3-5-17(12-25)21(16,27-2)15-6-7-23-19(9-15)20(22)26;/h6-7,9-10,16-17H,3-5,8,11-13H2,1-2H3,(H2,22,26);1H. The average Bonchev–Trinajstić information content (AvgIpc) is 3.06. The number of hydrogen-bond acceptors (Lipinski definition) is 5. The predicted octanol–water partition coefficient (Wildman–Crippen LogP) is 2.92. The highest BCUT2D eigenvalue weighted by atomic mass is 35.5.